The summed E-state index contributed by atoms with van der Waals surface area (Å²) < 4.78 is 18.7. The van der Waals surface area contributed by atoms with E-state index < -0.39 is 5.82 Å². The molecule has 6 heteroatoms. The van der Waals surface area contributed by atoms with E-state index in [1.165, 1.54) is 6.07 Å². The Hall–Kier alpha value is -2.11. The van der Waals surface area contributed by atoms with Crippen LogP contribution in [0.2, 0.25) is 5.02 Å². The molecule has 0 radical (unpaired) electrons. The lowest BCUT2D eigenvalue weighted by atomic mass is 10.1. The van der Waals surface area contributed by atoms with Gasteiger partial charge in [-0.05, 0) is 30.2 Å². The minimum Gasteiger partial charge on any atom is -0.380 e. The summed E-state index contributed by atoms with van der Waals surface area (Å²) in [5.41, 5.74) is 8.79. The monoisotopic (exact) mass is 347 g/mol. The Morgan fingerprint density at radius 2 is 2.17 bits per heavy atom. The van der Waals surface area contributed by atoms with Gasteiger partial charge in [0.2, 0.25) is 0 Å². The molecule has 0 aromatic heterocycles. The van der Waals surface area contributed by atoms with Crippen LogP contribution in [-0.4, -0.2) is 19.1 Å². The molecule has 0 heterocycles. The topological polar surface area (TPSA) is 59.6 Å². The number of nitrogens with zero attached hydrogens (tertiary/aromatic N) is 1. The number of para-hydroxylation sites is 1. The van der Waals surface area contributed by atoms with Crippen molar-refractivity contribution >= 4 is 23.2 Å². The zero-order valence-corrected chi connectivity index (χ0v) is 14.1. The van der Waals surface area contributed by atoms with E-state index in [2.05, 4.69) is 10.3 Å². The lowest BCUT2D eigenvalue weighted by Gasteiger charge is -2.10. The Morgan fingerprint density at radius 3 is 2.92 bits per heavy atom. The molecule has 0 aliphatic heterocycles. The number of anilines is 1. The van der Waals surface area contributed by atoms with Crippen LogP contribution in [0.15, 0.2) is 47.5 Å². The predicted octanol–water partition coefficient (Wildman–Crippen LogP) is 3.91. The number of hydrogen-bond donors (Lipinski definition) is 2. The van der Waals surface area contributed by atoms with Crippen molar-refractivity contribution in [1.29, 1.82) is 0 Å². The molecule has 126 valence electrons. The van der Waals surface area contributed by atoms with Crippen molar-refractivity contribution in [3.8, 4) is 0 Å². The Balaban J connectivity index is 1.66. The van der Waals surface area contributed by atoms with Crippen LogP contribution >= 0.6 is 11.6 Å². The van der Waals surface area contributed by atoms with Crippen molar-refractivity contribution < 1.29 is 9.13 Å². The first-order valence-corrected chi connectivity index (χ1v) is 8.08. The highest BCUT2D eigenvalue weighted by atomic mass is 35.5. The van der Waals surface area contributed by atoms with E-state index in [1.807, 2.05) is 30.3 Å². The molecule has 2 aromatic rings. The number of benzene rings is 2. The second-order valence-electron chi connectivity index (χ2n) is 5.81. The number of nitrogens with one attached hydrogen (secondary N) is 1. The predicted molar refractivity (Wildman–Crippen MR) is 95.0 cm³/mol. The summed E-state index contributed by atoms with van der Waals surface area (Å²) in [5, 5.41) is 3.25. The number of aliphatic imine (C=N–C) groups is 1. The Morgan fingerprint density at radius 1 is 1.38 bits per heavy atom. The zero-order chi connectivity index (χ0) is 17.1. The molecule has 1 fully saturated rings. The van der Waals surface area contributed by atoms with Crippen molar-refractivity contribution in [2.45, 2.75) is 25.0 Å². The first-order valence-electron chi connectivity index (χ1n) is 7.70. The third-order valence-electron chi connectivity index (χ3n) is 4.01. The van der Waals surface area contributed by atoms with Gasteiger partial charge in [0.1, 0.15) is 5.82 Å². The van der Waals surface area contributed by atoms with Gasteiger partial charge in [0.25, 0.3) is 0 Å². The van der Waals surface area contributed by atoms with E-state index in [9.17, 15) is 4.39 Å². The van der Waals surface area contributed by atoms with Crippen LogP contribution in [0, 0.1) is 5.82 Å². The summed E-state index contributed by atoms with van der Waals surface area (Å²) in [5.74, 6) is 0.134. The summed E-state index contributed by atoms with van der Waals surface area (Å²) in [6.45, 7) is 0.493. The van der Waals surface area contributed by atoms with Crippen molar-refractivity contribution in [2.75, 3.05) is 12.4 Å². The molecule has 1 aliphatic carbocycles. The number of ether oxygens (including phenoxy) is 1. The third-order valence-corrected chi connectivity index (χ3v) is 4.32. The van der Waals surface area contributed by atoms with Gasteiger partial charge < -0.3 is 15.8 Å². The number of nitrogens with two attached hydrogens (primary N) is 1. The molecule has 0 saturated heterocycles. The summed E-state index contributed by atoms with van der Waals surface area (Å²) in [6.07, 6.45) is 0.850. The zero-order valence-electron chi connectivity index (χ0n) is 13.3. The molecule has 2 atom stereocenters. The van der Waals surface area contributed by atoms with Gasteiger partial charge in [0.15, 0.2) is 5.96 Å². The van der Waals surface area contributed by atoms with Crippen molar-refractivity contribution in [3.63, 3.8) is 0 Å². The van der Waals surface area contributed by atoms with Gasteiger partial charge in [-0.1, -0.05) is 35.9 Å². The fraction of sp³-hybridized carbons (Fsp3) is 0.278. The van der Waals surface area contributed by atoms with Gasteiger partial charge in [-0.15, -0.1) is 0 Å². The molecular weight excluding hydrogens is 329 g/mol. The summed E-state index contributed by atoms with van der Waals surface area (Å²) in [6, 6.07) is 12.7. The fourth-order valence-corrected chi connectivity index (χ4v) is 2.82. The SMILES string of the molecule is COCc1ccccc1NC(N)=N[C@@H]1C[C@H]1c1ccc(Cl)c(F)c1. The highest BCUT2D eigenvalue weighted by Crippen LogP contribution is 2.44. The van der Waals surface area contributed by atoms with E-state index in [-0.39, 0.29) is 17.0 Å². The van der Waals surface area contributed by atoms with E-state index in [0.29, 0.717) is 12.6 Å². The maximum absolute atomic E-state index is 13.5. The minimum atomic E-state index is -0.400. The Bertz CT molecular complexity index is 766. The van der Waals surface area contributed by atoms with E-state index in [4.69, 9.17) is 22.1 Å². The van der Waals surface area contributed by atoms with E-state index in [0.717, 1.165) is 23.2 Å². The quantitative estimate of drug-likeness (QED) is 0.637. The summed E-state index contributed by atoms with van der Waals surface area (Å²) in [7, 11) is 1.65. The van der Waals surface area contributed by atoms with Gasteiger partial charge >= 0.3 is 0 Å². The van der Waals surface area contributed by atoms with Crippen LogP contribution in [0.3, 0.4) is 0 Å². The van der Waals surface area contributed by atoms with Crippen LogP contribution in [0.1, 0.15) is 23.5 Å². The molecule has 24 heavy (non-hydrogen) atoms. The van der Waals surface area contributed by atoms with Gasteiger partial charge in [-0.25, -0.2) is 9.38 Å². The number of guanidine groups is 1. The number of hydrogen-bond acceptors (Lipinski definition) is 2. The minimum absolute atomic E-state index is 0.0627. The first kappa shape index (κ1) is 16.7. The number of halogens is 2. The van der Waals surface area contributed by atoms with E-state index in [1.54, 1.807) is 13.2 Å². The van der Waals surface area contributed by atoms with E-state index >= 15 is 0 Å². The Kier molecular flexibility index (Phi) is 5.02. The molecule has 3 N–H and O–H groups in total. The molecule has 4 nitrogen and oxygen atoms in total. The summed E-state index contributed by atoms with van der Waals surface area (Å²) >= 11 is 5.71. The molecular formula is C18H19ClFN3O. The standard InChI is InChI=1S/C18H19ClFN3O/c1-24-10-12-4-2-3-5-16(12)22-18(21)23-17-9-13(17)11-6-7-14(19)15(20)8-11/h2-8,13,17H,9-10H2,1H3,(H3,21,22,23)/t13-,17+/m0/s1. The second-order valence-corrected chi connectivity index (χ2v) is 6.22. The smallest absolute Gasteiger partial charge is 0.193 e. The second kappa shape index (κ2) is 7.20. The maximum Gasteiger partial charge on any atom is 0.193 e. The average Bonchev–Trinajstić information content (AvgIpc) is 3.31. The molecule has 1 aliphatic rings. The molecule has 0 spiro atoms. The van der Waals surface area contributed by atoms with Crippen LogP contribution in [0.5, 0.6) is 0 Å². The number of rotatable bonds is 5. The maximum atomic E-state index is 13.5. The number of methoxy groups -OCH3 is 1. The lowest BCUT2D eigenvalue weighted by Crippen LogP contribution is -2.24. The van der Waals surface area contributed by atoms with Gasteiger partial charge in [0, 0.05) is 24.3 Å². The third kappa shape index (κ3) is 3.86. The molecule has 1 saturated carbocycles. The van der Waals surface area contributed by atoms with Gasteiger partial charge in [-0.2, -0.15) is 0 Å². The first-order chi connectivity index (χ1) is 11.6. The van der Waals surface area contributed by atoms with Crippen molar-refractivity contribution in [2.24, 2.45) is 10.7 Å². The van der Waals surface area contributed by atoms with Crippen LogP contribution < -0.4 is 11.1 Å². The van der Waals surface area contributed by atoms with Crippen LogP contribution in [-0.2, 0) is 11.3 Å². The van der Waals surface area contributed by atoms with Crippen LogP contribution in [0.25, 0.3) is 0 Å². The van der Waals surface area contributed by atoms with Gasteiger partial charge in [0.05, 0.1) is 17.7 Å². The largest absolute Gasteiger partial charge is 0.380 e. The van der Waals surface area contributed by atoms with Crippen LogP contribution in [0.4, 0.5) is 10.1 Å². The fourth-order valence-electron chi connectivity index (χ4n) is 2.70. The van der Waals surface area contributed by atoms with Gasteiger partial charge in [-0.3, -0.25) is 0 Å². The van der Waals surface area contributed by atoms with Crippen molar-refractivity contribution in [3.05, 3.63) is 64.4 Å². The molecule has 3 rings (SSSR count). The molecule has 0 bridgehead atoms. The highest BCUT2D eigenvalue weighted by Gasteiger charge is 2.38. The molecule has 0 amide bonds. The average molecular weight is 348 g/mol. The molecule has 2 aromatic carbocycles. The molecule has 0 unspecified atom stereocenters. The van der Waals surface area contributed by atoms with Crippen molar-refractivity contribution in [1.82, 2.24) is 0 Å². The normalized spacial score (nSPS) is 20.0. The summed E-state index contributed by atoms with van der Waals surface area (Å²) in [4.78, 5) is 4.48. The highest BCUT2D eigenvalue weighted by molar-refractivity contribution is 6.30. The Labute approximate surface area is 145 Å². The lowest BCUT2D eigenvalue weighted by molar-refractivity contribution is 0.185.